The summed E-state index contributed by atoms with van der Waals surface area (Å²) in [6.07, 6.45) is 2.68. The van der Waals surface area contributed by atoms with Crippen molar-refractivity contribution in [1.29, 1.82) is 0 Å². The van der Waals surface area contributed by atoms with Crippen molar-refractivity contribution >= 4 is 0 Å². The highest BCUT2D eigenvalue weighted by Gasteiger charge is 1.87. The van der Waals surface area contributed by atoms with Crippen LogP contribution in [0.5, 0.6) is 0 Å². The number of aliphatic hydroxyl groups is 1. The Kier molecular flexibility index (Phi) is 3.42. The molecule has 0 heterocycles. The number of aliphatic hydroxyl groups excluding tert-OH is 1. The molecule has 0 aromatic rings. The van der Waals surface area contributed by atoms with Crippen molar-refractivity contribution in [2.24, 2.45) is 11.7 Å². The average molecular weight is 101 g/mol. The third-order valence-corrected chi connectivity index (χ3v) is 0.786. The van der Waals surface area contributed by atoms with E-state index < -0.39 is 0 Å². The highest BCUT2D eigenvalue weighted by molar-refractivity contribution is 4.78. The summed E-state index contributed by atoms with van der Waals surface area (Å²) in [6, 6.07) is 0. The number of hydrogen-bond donors (Lipinski definition) is 2. The van der Waals surface area contributed by atoms with E-state index in [9.17, 15) is 0 Å². The van der Waals surface area contributed by atoms with Gasteiger partial charge in [0.2, 0.25) is 0 Å². The Morgan fingerprint density at radius 1 is 1.86 bits per heavy atom. The maximum Gasteiger partial charge on any atom is 0.0754 e. The van der Waals surface area contributed by atoms with Crippen LogP contribution in [0.3, 0.4) is 0 Å². The van der Waals surface area contributed by atoms with Crippen LogP contribution in [0.1, 0.15) is 6.92 Å². The van der Waals surface area contributed by atoms with E-state index >= 15 is 0 Å². The van der Waals surface area contributed by atoms with Gasteiger partial charge in [-0.25, -0.2) is 0 Å². The first kappa shape index (κ1) is 6.50. The molecular formula is C5H11NO. The van der Waals surface area contributed by atoms with Gasteiger partial charge < -0.3 is 10.8 Å². The summed E-state index contributed by atoms with van der Waals surface area (Å²) in [4.78, 5) is 0. The normalized spacial score (nSPS) is 15.1. The molecule has 0 fully saturated rings. The second kappa shape index (κ2) is 3.68. The minimum atomic E-state index is 0.296. The molecule has 0 radical (unpaired) electrons. The van der Waals surface area contributed by atoms with Gasteiger partial charge in [-0.2, -0.15) is 0 Å². The third-order valence-electron chi connectivity index (χ3n) is 0.786. The van der Waals surface area contributed by atoms with Crippen LogP contribution < -0.4 is 5.73 Å². The quantitative estimate of drug-likeness (QED) is 0.502. The molecule has 0 aliphatic carbocycles. The molecule has 2 heteroatoms. The van der Waals surface area contributed by atoms with Crippen molar-refractivity contribution in [2.45, 2.75) is 6.92 Å². The molecule has 0 aliphatic heterocycles. The monoisotopic (exact) mass is 101 g/mol. The standard InChI is InChI=1S/C5H11NO/c1-5(4-6)2-3-7/h2-3,5,7H,4,6H2,1H3/b3-2+. The van der Waals surface area contributed by atoms with Crippen LogP contribution in [0.2, 0.25) is 0 Å². The highest BCUT2D eigenvalue weighted by Crippen LogP contribution is 1.89. The lowest BCUT2D eigenvalue weighted by Crippen LogP contribution is -2.07. The Morgan fingerprint density at radius 3 is 2.57 bits per heavy atom. The second-order valence-electron chi connectivity index (χ2n) is 1.55. The predicted octanol–water partition coefficient (Wildman–Crippen LogP) is 0.653. The van der Waals surface area contributed by atoms with E-state index in [-0.39, 0.29) is 0 Å². The van der Waals surface area contributed by atoms with Crippen LogP contribution in [0.15, 0.2) is 12.3 Å². The van der Waals surface area contributed by atoms with Crippen LogP contribution in [-0.2, 0) is 0 Å². The Balaban J connectivity index is 3.16. The van der Waals surface area contributed by atoms with E-state index in [2.05, 4.69) is 0 Å². The van der Waals surface area contributed by atoms with Gasteiger partial charge in [0.25, 0.3) is 0 Å². The summed E-state index contributed by atoms with van der Waals surface area (Å²) in [5.74, 6) is 0.296. The lowest BCUT2D eigenvalue weighted by Gasteiger charge is -1.95. The molecule has 0 aliphatic rings. The zero-order valence-corrected chi connectivity index (χ0v) is 4.46. The van der Waals surface area contributed by atoms with Gasteiger partial charge in [0.15, 0.2) is 0 Å². The van der Waals surface area contributed by atoms with Gasteiger partial charge in [-0.15, -0.1) is 0 Å². The Morgan fingerprint density at radius 2 is 2.43 bits per heavy atom. The van der Waals surface area contributed by atoms with Gasteiger partial charge in [0, 0.05) is 0 Å². The molecule has 0 amide bonds. The van der Waals surface area contributed by atoms with Gasteiger partial charge in [0.1, 0.15) is 0 Å². The fourth-order valence-electron chi connectivity index (χ4n) is 0.225. The number of rotatable bonds is 2. The smallest absolute Gasteiger partial charge is 0.0754 e. The molecule has 0 saturated carbocycles. The topological polar surface area (TPSA) is 46.2 Å². The summed E-state index contributed by atoms with van der Waals surface area (Å²) in [5, 5.41) is 8.13. The zero-order valence-electron chi connectivity index (χ0n) is 4.46. The molecule has 0 aromatic heterocycles. The lowest BCUT2D eigenvalue weighted by molar-refractivity contribution is 0.466. The van der Waals surface area contributed by atoms with Crippen molar-refractivity contribution in [1.82, 2.24) is 0 Å². The summed E-state index contributed by atoms with van der Waals surface area (Å²) < 4.78 is 0. The van der Waals surface area contributed by atoms with Gasteiger partial charge in [-0.1, -0.05) is 6.92 Å². The fourth-order valence-corrected chi connectivity index (χ4v) is 0.225. The van der Waals surface area contributed by atoms with Crippen LogP contribution in [0, 0.1) is 5.92 Å². The Hall–Kier alpha value is -0.500. The second-order valence-corrected chi connectivity index (χ2v) is 1.55. The average Bonchev–Trinajstić information content (AvgIpc) is 1.68. The first-order chi connectivity index (χ1) is 3.31. The van der Waals surface area contributed by atoms with Crippen molar-refractivity contribution < 1.29 is 5.11 Å². The number of hydrogen-bond acceptors (Lipinski definition) is 2. The molecule has 1 atom stereocenters. The summed E-state index contributed by atoms with van der Waals surface area (Å²) >= 11 is 0. The Bertz CT molecular complexity index is 61.1. The van der Waals surface area contributed by atoms with Crippen molar-refractivity contribution in [2.75, 3.05) is 6.54 Å². The first-order valence-electron chi connectivity index (χ1n) is 2.32. The van der Waals surface area contributed by atoms with E-state index in [1.807, 2.05) is 6.92 Å². The highest BCUT2D eigenvalue weighted by atomic mass is 16.2. The molecule has 0 spiro atoms. The molecule has 2 nitrogen and oxygen atoms in total. The minimum absolute atomic E-state index is 0.296. The number of nitrogens with two attached hydrogens (primary N) is 1. The maximum atomic E-state index is 8.13. The largest absolute Gasteiger partial charge is 0.516 e. The van der Waals surface area contributed by atoms with Crippen LogP contribution >= 0.6 is 0 Å². The molecular weight excluding hydrogens is 90.1 g/mol. The van der Waals surface area contributed by atoms with Gasteiger partial charge in [-0.3, -0.25) is 0 Å². The zero-order chi connectivity index (χ0) is 5.70. The molecule has 7 heavy (non-hydrogen) atoms. The minimum Gasteiger partial charge on any atom is -0.516 e. The van der Waals surface area contributed by atoms with Crippen molar-refractivity contribution in [3.63, 3.8) is 0 Å². The first-order valence-corrected chi connectivity index (χ1v) is 2.32. The van der Waals surface area contributed by atoms with Gasteiger partial charge in [0.05, 0.1) is 6.26 Å². The third kappa shape index (κ3) is 3.33. The molecule has 1 unspecified atom stereocenters. The summed E-state index contributed by atoms with van der Waals surface area (Å²) in [5.41, 5.74) is 5.20. The maximum absolute atomic E-state index is 8.13. The molecule has 0 saturated heterocycles. The summed E-state index contributed by atoms with van der Waals surface area (Å²) in [7, 11) is 0. The van der Waals surface area contributed by atoms with E-state index in [0.29, 0.717) is 12.5 Å². The SMILES string of the molecule is CC(/C=C/O)CN. The summed E-state index contributed by atoms with van der Waals surface area (Å²) in [6.45, 7) is 2.53. The molecule has 3 N–H and O–H groups in total. The molecule has 0 bridgehead atoms. The van der Waals surface area contributed by atoms with E-state index in [4.69, 9.17) is 10.8 Å². The van der Waals surface area contributed by atoms with E-state index in [1.165, 1.54) is 0 Å². The lowest BCUT2D eigenvalue weighted by atomic mass is 10.2. The molecule has 42 valence electrons. The van der Waals surface area contributed by atoms with Crippen molar-refractivity contribution in [3.05, 3.63) is 12.3 Å². The van der Waals surface area contributed by atoms with Gasteiger partial charge in [-0.05, 0) is 18.5 Å². The fraction of sp³-hybridized carbons (Fsp3) is 0.600. The Labute approximate surface area is 43.6 Å². The van der Waals surface area contributed by atoms with Crippen molar-refractivity contribution in [3.8, 4) is 0 Å². The molecule has 0 aromatic carbocycles. The molecule has 0 rings (SSSR count). The van der Waals surface area contributed by atoms with Crippen LogP contribution in [-0.4, -0.2) is 11.7 Å². The van der Waals surface area contributed by atoms with Crippen LogP contribution in [0.25, 0.3) is 0 Å². The van der Waals surface area contributed by atoms with E-state index in [1.54, 1.807) is 6.08 Å². The van der Waals surface area contributed by atoms with Gasteiger partial charge >= 0.3 is 0 Å². The van der Waals surface area contributed by atoms with Crippen LogP contribution in [0.4, 0.5) is 0 Å². The predicted molar refractivity (Wildman–Crippen MR) is 30.0 cm³/mol. The van der Waals surface area contributed by atoms with E-state index in [0.717, 1.165) is 6.26 Å².